The summed E-state index contributed by atoms with van der Waals surface area (Å²) < 4.78 is 65.3. The van der Waals surface area contributed by atoms with Crippen LogP contribution in [0.3, 0.4) is 0 Å². The normalized spacial score (nSPS) is 14.8. The lowest BCUT2D eigenvalue weighted by Crippen LogP contribution is -2.45. The second-order valence-electron chi connectivity index (χ2n) is 6.43. The lowest BCUT2D eigenvalue weighted by Gasteiger charge is -2.29. The van der Waals surface area contributed by atoms with Gasteiger partial charge in [-0.05, 0) is 25.1 Å². The Hall–Kier alpha value is -3.24. The van der Waals surface area contributed by atoms with Gasteiger partial charge in [0, 0.05) is 11.6 Å². The van der Waals surface area contributed by atoms with Crippen LogP contribution in [0.25, 0.3) is 0 Å². The summed E-state index contributed by atoms with van der Waals surface area (Å²) in [5.41, 5.74) is -0.979. The number of anilines is 1. The number of rotatable bonds is 4. The van der Waals surface area contributed by atoms with Crippen LogP contribution in [0.2, 0.25) is 0 Å². The molecule has 2 aromatic rings. The lowest BCUT2D eigenvalue weighted by atomic mass is 10.1. The Balaban J connectivity index is 1.68. The van der Waals surface area contributed by atoms with Crippen LogP contribution in [-0.4, -0.2) is 28.4 Å². The van der Waals surface area contributed by atoms with E-state index in [1.165, 1.54) is 13.0 Å². The fourth-order valence-electron chi connectivity index (χ4n) is 2.86. The van der Waals surface area contributed by atoms with Crippen LogP contribution in [0.5, 0.6) is 0 Å². The molecule has 2 heterocycles. The van der Waals surface area contributed by atoms with Gasteiger partial charge in [-0.3, -0.25) is 4.79 Å². The molecule has 0 saturated heterocycles. The van der Waals surface area contributed by atoms with E-state index in [0.717, 1.165) is 23.1 Å². The van der Waals surface area contributed by atoms with E-state index in [2.05, 4.69) is 15.6 Å². The number of amides is 3. The van der Waals surface area contributed by atoms with Gasteiger partial charge in [-0.2, -0.15) is 13.2 Å². The van der Waals surface area contributed by atoms with Crippen LogP contribution in [0.1, 0.15) is 29.9 Å². The third-order valence-electron chi connectivity index (χ3n) is 4.28. The van der Waals surface area contributed by atoms with Crippen LogP contribution < -0.4 is 10.6 Å². The molecular weight excluding hydrogens is 399 g/mol. The highest BCUT2D eigenvalue weighted by Gasteiger charge is 2.34. The zero-order valence-corrected chi connectivity index (χ0v) is 15.0. The molecule has 3 amide bonds. The molecule has 1 aromatic carbocycles. The first-order valence-electron chi connectivity index (χ1n) is 8.42. The van der Waals surface area contributed by atoms with Crippen LogP contribution in [-0.2, 0) is 17.5 Å². The number of fused-ring (bicyclic) bond motifs is 1. The largest absolute Gasteiger partial charge is 0.433 e. The van der Waals surface area contributed by atoms with E-state index >= 15 is 0 Å². The monoisotopic (exact) mass is 414 g/mol. The Labute approximate surface area is 161 Å². The van der Waals surface area contributed by atoms with Crippen molar-refractivity contribution < 1.29 is 31.5 Å². The van der Waals surface area contributed by atoms with Gasteiger partial charge in [0.1, 0.15) is 23.9 Å². The van der Waals surface area contributed by atoms with Crippen molar-refractivity contribution in [3.8, 4) is 0 Å². The Kier molecular flexibility index (Phi) is 5.40. The van der Waals surface area contributed by atoms with Crippen LogP contribution in [0.4, 0.5) is 32.4 Å². The van der Waals surface area contributed by atoms with E-state index in [1.807, 2.05) is 0 Å². The molecule has 3 rings (SSSR count). The number of hydrogen-bond donors (Lipinski definition) is 2. The van der Waals surface area contributed by atoms with Gasteiger partial charge in [-0.25, -0.2) is 18.6 Å². The molecule has 6 nitrogen and oxygen atoms in total. The number of benzene rings is 1. The number of halogens is 5. The van der Waals surface area contributed by atoms with Gasteiger partial charge >= 0.3 is 12.2 Å². The summed E-state index contributed by atoms with van der Waals surface area (Å²) in [6, 6.07) is 3.24. The summed E-state index contributed by atoms with van der Waals surface area (Å²) in [5.74, 6) is -2.28. The Morgan fingerprint density at radius 3 is 2.66 bits per heavy atom. The summed E-state index contributed by atoms with van der Waals surface area (Å²) in [6.07, 6.45) is -4.65. The molecule has 0 bridgehead atoms. The smallest absolute Gasteiger partial charge is 0.348 e. The Bertz CT molecular complexity index is 964. The number of nitrogens with one attached hydrogen (secondary N) is 2. The topological polar surface area (TPSA) is 74.3 Å². The molecule has 154 valence electrons. The summed E-state index contributed by atoms with van der Waals surface area (Å²) in [4.78, 5) is 28.8. The van der Waals surface area contributed by atoms with E-state index in [4.69, 9.17) is 0 Å². The molecule has 0 saturated carbocycles. The second-order valence-corrected chi connectivity index (χ2v) is 6.43. The number of pyridine rings is 1. The predicted molar refractivity (Wildman–Crippen MR) is 91.6 cm³/mol. The number of carbonyl (C=O) groups excluding carboxylic acids is 2. The highest BCUT2D eigenvalue weighted by molar-refractivity contribution is 5.94. The maximum Gasteiger partial charge on any atom is 0.433 e. The number of carbonyl (C=O) groups is 2. The predicted octanol–water partition coefficient (Wildman–Crippen LogP) is 3.60. The third kappa shape index (κ3) is 4.61. The molecule has 1 aromatic heterocycles. The van der Waals surface area contributed by atoms with Gasteiger partial charge in [0.25, 0.3) is 0 Å². The van der Waals surface area contributed by atoms with Crippen molar-refractivity contribution in [3.63, 3.8) is 0 Å². The standard InChI is InChI=1S/C18H15F5N4O2/c1-9(11-3-2-10(19)6-12(11)20)24-16(28)8-27-7-14-13(26-17(27)29)4-5-15(25-14)18(21,22)23/h2-6,9H,7-8H2,1H3,(H,24,28)(H,26,29)/t9-/m0/s1. The molecule has 1 atom stereocenters. The van der Waals surface area contributed by atoms with Gasteiger partial charge in [0.2, 0.25) is 5.91 Å². The number of urea groups is 1. The van der Waals surface area contributed by atoms with Crippen molar-refractivity contribution >= 4 is 17.6 Å². The van der Waals surface area contributed by atoms with E-state index in [0.29, 0.717) is 6.07 Å². The minimum absolute atomic E-state index is 0.0372. The summed E-state index contributed by atoms with van der Waals surface area (Å²) in [5, 5.41) is 4.83. The molecule has 1 aliphatic heterocycles. The first-order chi connectivity index (χ1) is 13.5. The number of nitrogens with zero attached hydrogens (tertiary/aromatic N) is 2. The van der Waals surface area contributed by atoms with Crippen LogP contribution >= 0.6 is 0 Å². The van der Waals surface area contributed by atoms with Crippen LogP contribution in [0.15, 0.2) is 30.3 Å². The van der Waals surface area contributed by atoms with E-state index in [9.17, 15) is 31.5 Å². The SMILES string of the molecule is C[C@H](NC(=O)CN1Cc2nc(C(F)(F)F)ccc2NC1=O)c1ccc(F)cc1F. The van der Waals surface area contributed by atoms with Gasteiger partial charge < -0.3 is 15.5 Å². The first kappa shape index (κ1) is 20.5. The lowest BCUT2D eigenvalue weighted by molar-refractivity contribution is -0.141. The maximum absolute atomic E-state index is 13.8. The molecular formula is C18H15F5N4O2. The number of alkyl halides is 3. The minimum Gasteiger partial charge on any atom is -0.348 e. The zero-order chi connectivity index (χ0) is 21.3. The highest BCUT2D eigenvalue weighted by atomic mass is 19.4. The van der Waals surface area contributed by atoms with Crippen molar-refractivity contribution in [1.82, 2.24) is 15.2 Å². The van der Waals surface area contributed by atoms with Gasteiger partial charge in [-0.15, -0.1) is 0 Å². The fourth-order valence-corrected chi connectivity index (χ4v) is 2.86. The zero-order valence-electron chi connectivity index (χ0n) is 15.0. The molecule has 0 radical (unpaired) electrons. The fraction of sp³-hybridized carbons (Fsp3) is 0.278. The minimum atomic E-state index is -4.65. The molecule has 0 spiro atoms. The highest BCUT2D eigenvalue weighted by Crippen LogP contribution is 2.31. The number of aromatic nitrogens is 1. The molecule has 0 aliphatic carbocycles. The molecule has 11 heteroatoms. The molecule has 0 fully saturated rings. The van der Waals surface area contributed by atoms with E-state index < -0.39 is 48.0 Å². The maximum atomic E-state index is 13.8. The molecule has 1 aliphatic rings. The van der Waals surface area contributed by atoms with Crippen molar-refractivity contribution in [3.05, 3.63) is 58.9 Å². The number of hydrogen-bond acceptors (Lipinski definition) is 3. The molecule has 2 N–H and O–H groups in total. The quantitative estimate of drug-likeness (QED) is 0.751. The van der Waals surface area contributed by atoms with Crippen molar-refractivity contribution in [2.75, 3.05) is 11.9 Å². The summed E-state index contributed by atoms with van der Waals surface area (Å²) in [6.45, 7) is 0.672. The molecule has 29 heavy (non-hydrogen) atoms. The van der Waals surface area contributed by atoms with Crippen LogP contribution in [0, 0.1) is 11.6 Å². The summed E-state index contributed by atoms with van der Waals surface area (Å²) in [7, 11) is 0. The average molecular weight is 414 g/mol. The Morgan fingerprint density at radius 1 is 1.28 bits per heavy atom. The average Bonchev–Trinajstić information content (AvgIpc) is 2.60. The van der Waals surface area contributed by atoms with Crippen molar-refractivity contribution in [1.29, 1.82) is 0 Å². The first-order valence-corrected chi connectivity index (χ1v) is 8.42. The van der Waals surface area contributed by atoms with Crippen molar-refractivity contribution in [2.45, 2.75) is 25.7 Å². The summed E-state index contributed by atoms with van der Waals surface area (Å²) >= 11 is 0. The van der Waals surface area contributed by atoms with E-state index in [-0.39, 0.29) is 23.5 Å². The third-order valence-corrected chi connectivity index (χ3v) is 4.28. The van der Waals surface area contributed by atoms with Gasteiger partial charge in [-0.1, -0.05) is 6.07 Å². The van der Waals surface area contributed by atoms with Gasteiger partial charge in [0.05, 0.1) is 24.0 Å². The van der Waals surface area contributed by atoms with Crippen molar-refractivity contribution in [2.24, 2.45) is 0 Å². The second kappa shape index (κ2) is 7.64. The van der Waals surface area contributed by atoms with Gasteiger partial charge in [0.15, 0.2) is 0 Å². The molecule has 0 unspecified atom stereocenters. The Morgan fingerprint density at radius 2 is 2.00 bits per heavy atom. The van der Waals surface area contributed by atoms with E-state index in [1.54, 1.807) is 0 Å².